The lowest BCUT2D eigenvalue weighted by Gasteiger charge is -2.39. The van der Waals surface area contributed by atoms with Gasteiger partial charge in [-0.2, -0.15) is 0 Å². The van der Waals surface area contributed by atoms with Crippen LogP contribution in [-0.2, 0) is 17.8 Å². The van der Waals surface area contributed by atoms with Crippen molar-refractivity contribution in [2.75, 3.05) is 16.9 Å². The number of carboxylic acid groups (broad SMARTS) is 1. The van der Waals surface area contributed by atoms with Gasteiger partial charge in [0.15, 0.2) is 23.1 Å². The lowest BCUT2D eigenvalue weighted by atomic mass is 9.92. The fraction of sp³-hybridized carbons (Fsp3) is 0.192. The Kier molecular flexibility index (Phi) is 7.26. The molecule has 0 radical (unpaired) electrons. The highest BCUT2D eigenvalue weighted by Crippen LogP contribution is 2.35. The molecule has 1 aliphatic rings. The van der Waals surface area contributed by atoms with Crippen molar-refractivity contribution < 1.29 is 19.7 Å². The van der Waals surface area contributed by atoms with Crippen LogP contribution in [0.2, 0.25) is 0 Å². The second kappa shape index (κ2) is 10.8. The number of nitrogens with one attached hydrogen (secondary N) is 1. The molecule has 9 nitrogen and oxygen atoms in total. The molecule has 0 aliphatic carbocycles. The molecule has 37 heavy (non-hydrogen) atoms. The highest BCUT2D eigenvalue weighted by atomic mass is 32.1. The van der Waals surface area contributed by atoms with Gasteiger partial charge in [-0.05, 0) is 47.5 Å². The van der Waals surface area contributed by atoms with Crippen LogP contribution in [0.15, 0.2) is 83.1 Å². The zero-order valence-electron chi connectivity index (χ0n) is 19.6. The van der Waals surface area contributed by atoms with Gasteiger partial charge in [0.2, 0.25) is 0 Å². The minimum Gasteiger partial charge on any atom is -0.480 e. The fourth-order valence-corrected chi connectivity index (χ4v) is 5.10. The highest BCUT2D eigenvalue weighted by Gasteiger charge is 2.38. The van der Waals surface area contributed by atoms with Crippen molar-refractivity contribution in [3.63, 3.8) is 0 Å². The molecular weight excluding hydrogens is 510 g/mol. The number of rotatable bonds is 8. The summed E-state index contributed by atoms with van der Waals surface area (Å²) in [6, 6.07) is 21.7. The molecule has 11 heteroatoms. The van der Waals surface area contributed by atoms with Gasteiger partial charge in [-0.15, -0.1) is 35.5 Å². The van der Waals surface area contributed by atoms with Crippen molar-refractivity contribution in [1.82, 2.24) is 14.8 Å². The number of ether oxygens (including phenoxy) is 1. The molecule has 3 N–H and O–H groups in total. The van der Waals surface area contributed by atoms with Gasteiger partial charge in [-0.3, -0.25) is 4.57 Å². The van der Waals surface area contributed by atoms with E-state index in [1.54, 1.807) is 9.47 Å². The molecular formula is C26H25N5O4S2. The molecule has 190 valence electrons. The van der Waals surface area contributed by atoms with Crippen LogP contribution in [-0.4, -0.2) is 49.8 Å². The Labute approximate surface area is 224 Å². The summed E-state index contributed by atoms with van der Waals surface area (Å²) in [4.78, 5) is 13.7. The molecule has 2 heterocycles. The quantitative estimate of drug-likeness (QED) is 0.172. The van der Waals surface area contributed by atoms with Gasteiger partial charge in [0.05, 0.1) is 11.8 Å². The molecule has 2 unspecified atom stereocenters. The first kappa shape index (κ1) is 25.0. The van der Waals surface area contributed by atoms with Gasteiger partial charge in [0, 0.05) is 24.3 Å². The largest absolute Gasteiger partial charge is 0.480 e. The monoisotopic (exact) mass is 535 g/mol. The Morgan fingerprint density at radius 1 is 1.03 bits per heavy atom. The number of carbonyl (C=O) groups is 1. The van der Waals surface area contributed by atoms with E-state index >= 15 is 0 Å². The predicted octanol–water partition coefficient (Wildman–Crippen LogP) is 3.67. The number of benzene rings is 3. The number of fused-ring (bicyclic) bond motifs is 1. The predicted molar refractivity (Wildman–Crippen MR) is 145 cm³/mol. The van der Waals surface area contributed by atoms with Crippen molar-refractivity contribution in [2.24, 2.45) is 0 Å². The summed E-state index contributed by atoms with van der Waals surface area (Å²) in [6.07, 6.45) is -0.822. The molecule has 2 atom stereocenters. The Morgan fingerprint density at radius 3 is 2.51 bits per heavy atom. The third-order valence-corrected chi connectivity index (χ3v) is 6.77. The van der Waals surface area contributed by atoms with Gasteiger partial charge in [-0.25, -0.2) is 4.79 Å². The maximum absolute atomic E-state index is 12.0. The first-order valence-corrected chi connectivity index (χ1v) is 12.4. The molecule has 5 rings (SSSR count). The molecule has 0 bridgehead atoms. The third kappa shape index (κ3) is 5.38. The molecule has 0 saturated heterocycles. The van der Waals surface area contributed by atoms with Gasteiger partial charge < -0.3 is 25.2 Å². The van der Waals surface area contributed by atoms with Crippen LogP contribution in [0, 0.1) is 0 Å². The van der Waals surface area contributed by atoms with Crippen LogP contribution < -0.4 is 15.0 Å². The Bertz CT molecular complexity index is 1400. The molecule has 1 aromatic heterocycles. The normalized spacial score (nSPS) is 16.8. The minimum absolute atomic E-state index is 0.194. The molecule has 1 aliphatic heterocycles. The smallest absolute Gasteiger partial charge is 0.329 e. The number of thiol groups is 2. The first-order valence-electron chi connectivity index (χ1n) is 11.6. The van der Waals surface area contributed by atoms with E-state index in [-0.39, 0.29) is 13.2 Å². The average Bonchev–Trinajstić information content (AvgIpc) is 3.22. The number of aliphatic hydroxyl groups excluding tert-OH is 1. The molecule has 0 spiro atoms. The minimum atomic E-state index is -1.05. The summed E-state index contributed by atoms with van der Waals surface area (Å²) in [5.74, 6) is -0.445. The second-order valence-electron chi connectivity index (χ2n) is 8.61. The van der Waals surface area contributed by atoms with E-state index < -0.39 is 18.1 Å². The third-order valence-electron chi connectivity index (χ3n) is 6.19. The van der Waals surface area contributed by atoms with Crippen molar-refractivity contribution >= 4 is 42.6 Å². The lowest BCUT2D eigenvalue weighted by molar-refractivity contribution is -0.141. The van der Waals surface area contributed by atoms with Crippen LogP contribution in [0.1, 0.15) is 11.1 Å². The summed E-state index contributed by atoms with van der Waals surface area (Å²) in [7, 11) is 0. The number of aliphatic hydroxyl groups is 1. The summed E-state index contributed by atoms with van der Waals surface area (Å²) >= 11 is 8.64. The summed E-state index contributed by atoms with van der Waals surface area (Å²) < 4.78 is 7.63. The number of aliphatic carboxylic acids is 1. The number of anilines is 2. The zero-order chi connectivity index (χ0) is 25.9. The summed E-state index contributed by atoms with van der Waals surface area (Å²) in [5, 5.41) is 32.4. The van der Waals surface area contributed by atoms with Crippen LogP contribution in [0.3, 0.4) is 0 Å². The number of hydrogen-bond donors (Lipinski definition) is 5. The second-order valence-corrected chi connectivity index (χ2v) is 9.41. The fourth-order valence-electron chi connectivity index (χ4n) is 4.51. The van der Waals surface area contributed by atoms with Gasteiger partial charge in [0.1, 0.15) is 5.75 Å². The van der Waals surface area contributed by atoms with E-state index in [4.69, 9.17) is 4.74 Å². The van der Waals surface area contributed by atoms with E-state index in [1.807, 2.05) is 72.8 Å². The topological polar surface area (TPSA) is 113 Å². The van der Waals surface area contributed by atoms with E-state index in [0.29, 0.717) is 22.6 Å². The van der Waals surface area contributed by atoms with Crippen molar-refractivity contribution in [1.29, 1.82) is 0 Å². The lowest BCUT2D eigenvalue weighted by Crippen LogP contribution is -2.52. The Hall–Kier alpha value is -3.67. The van der Waals surface area contributed by atoms with E-state index in [0.717, 1.165) is 28.2 Å². The van der Waals surface area contributed by atoms with Crippen LogP contribution in [0.25, 0.3) is 5.69 Å². The first-order chi connectivity index (χ1) is 17.9. The molecule has 4 aromatic rings. The SMILES string of the molecule is O=C(O)C1C(O)Cc2cc(OCNc3cccc(-n4c(S)nnc4S)c3)ccc2N1Cc1ccccc1. The maximum Gasteiger partial charge on any atom is 0.329 e. The van der Waals surface area contributed by atoms with E-state index in [2.05, 4.69) is 40.8 Å². The number of hydrogen-bond acceptors (Lipinski definition) is 9. The van der Waals surface area contributed by atoms with Crippen molar-refractivity contribution in [3.05, 3.63) is 83.9 Å². The highest BCUT2D eigenvalue weighted by molar-refractivity contribution is 7.80. The molecule has 0 saturated carbocycles. The molecule has 3 aromatic carbocycles. The van der Waals surface area contributed by atoms with E-state index in [9.17, 15) is 15.0 Å². The Balaban J connectivity index is 1.30. The zero-order valence-corrected chi connectivity index (χ0v) is 21.4. The average molecular weight is 536 g/mol. The summed E-state index contributed by atoms with van der Waals surface area (Å²) in [5.41, 5.74) is 4.18. The summed E-state index contributed by atoms with van der Waals surface area (Å²) in [6.45, 7) is 0.564. The van der Waals surface area contributed by atoms with Crippen molar-refractivity contribution in [2.45, 2.75) is 35.4 Å². The number of nitrogens with zero attached hydrogens (tertiary/aromatic N) is 4. The standard InChI is InChI=1S/C26H25N5O4S2/c32-22-12-17-11-20(9-10-21(17)30(23(22)24(33)34)14-16-5-2-1-3-6-16)35-15-27-18-7-4-8-19(13-18)31-25(36)28-29-26(31)37/h1-11,13,22-23,27,32H,12,14-15H2,(H,28,36)(H,29,37)(H,33,34). The van der Waals surface area contributed by atoms with Gasteiger partial charge >= 0.3 is 5.97 Å². The van der Waals surface area contributed by atoms with Gasteiger partial charge in [-0.1, -0.05) is 36.4 Å². The maximum atomic E-state index is 12.0. The van der Waals surface area contributed by atoms with Crippen LogP contribution in [0.5, 0.6) is 5.75 Å². The Morgan fingerprint density at radius 2 is 1.78 bits per heavy atom. The van der Waals surface area contributed by atoms with Crippen LogP contribution >= 0.6 is 25.3 Å². The van der Waals surface area contributed by atoms with Gasteiger partial charge in [0.25, 0.3) is 0 Å². The number of carboxylic acids is 1. The van der Waals surface area contributed by atoms with Crippen molar-refractivity contribution in [3.8, 4) is 11.4 Å². The number of aromatic nitrogens is 3. The van der Waals surface area contributed by atoms with E-state index in [1.165, 1.54) is 0 Å². The van der Waals surface area contributed by atoms with Crippen LogP contribution in [0.4, 0.5) is 11.4 Å². The molecule has 0 amide bonds. The molecule has 0 fully saturated rings.